The molecule has 0 saturated heterocycles. The van der Waals surface area contributed by atoms with Crippen LogP contribution in [0.15, 0.2) is 17.1 Å². The fourth-order valence-corrected chi connectivity index (χ4v) is 4.33. The first-order chi connectivity index (χ1) is 12.5. The predicted octanol–water partition coefficient (Wildman–Crippen LogP) is 2.42. The van der Waals surface area contributed by atoms with E-state index in [0.717, 1.165) is 38.5 Å². The molecule has 0 bridgehead atoms. The Hall–Kier alpha value is -2.15. The molecule has 4 atom stereocenters. The summed E-state index contributed by atoms with van der Waals surface area (Å²) >= 11 is 0. The van der Waals surface area contributed by atoms with E-state index >= 15 is 0 Å². The Labute approximate surface area is 152 Å². The molecule has 2 saturated carbocycles. The maximum atomic E-state index is 12.3. The van der Waals surface area contributed by atoms with Gasteiger partial charge in [-0.2, -0.15) is 9.97 Å². The van der Waals surface area contributed by atoms with Gasteiger partial charge in [0.2, 0.25) is 0 Å². The summed E-state index contributed by atoms with van der Waals surface area (Å²) in [5, 5.41) is 10.6. The third-order valence-electron chi connectivity index (χ3n) is 5.87. The molecule has 0 aromatic carbocycles. The van der Waals surface area contributed by atoms with Crippen LogP contribution in [-0.4, -0.2) is 31.8 Å². The van der Waals surface area contributed by atoms with Gasteiger partial charge in [-0.25, -0.2) is 0 Å². The molecule has 0 amide bonds. The molecule has 2 heterocycles. The summed E-state index contributed by atoms with van der Waals surface area (Å²) in [4.78, 5) is 21.1. The van der Waals surface area contributed by atoms with E-state index in [9.17, 15) is 9.90 Å². The van der Waals surface area contributed by atoms with E-state index in [0.29, 0.717) is 17.0 Å². The standard InChI is InChI=1S/C19H26N4O3/c1-11-5-2-3-8-15(11)26-19-21-17(20)16-14(25)9-10-23(18(16)22-19)12-6-4-7-13(12)24/h9-13,15,24H,2-8H2,1H3,(H2,20,21,22)/t11-,12+,13+,15+/m0/s1. The molecule has 2 fully saturated rings. The molecular formula is C19H26N4O3. The minimum absolute atomic E-state index is 0.0709. The number of aliphatic hydroxyl groups is 1. The number of anilines is 1. The van der Waals surface area contributed by atoms with E-state index in [2.05, 4.69) is 16.9 Å². The third-order valence-corrected chi connectivity index (χ3v) is 5.87. The van der Waals surface area contributed by atoms with Gasteiger partial charge in [-0.1, -0.05) is 13.3 Å². The second-order valence-corrected chi connectivity index (χ2v) is 7.66. The fourth-order valence-electron chi connectivity index (χ4n) is 4.33. The number of fused-ring (bicyclic) bond motifs is 1. The topological polar surface area (TPSA) is 103 Å². The van der Waals surface area contributed by atoms with Crippen molar-refractivity contribution in [3.05, 3.63) is 22.5 Å². The molecule has 0 aliphatic heterocycles. The van der Waals surface area contributed by atoms with Crippen molar-refractivity contribution in [3.8, 4) is 6.01 Å². The average molecular weight is 358 g/mol. The van der Waals surface area contributed by atoms with E-state index < -0.39 is 6.10 Å². The Balaban J connectivity index is 1.77. The minimum atomic E-state index is -0.445. The summed E-state index contributed by atoms with van der Waals surface area (Å²) in [5.41, 5.74) is 6.34. The third kappa shape index (κ3) is 3.05. The smallest absolute Gasteiger partial charge is 0.320 e. The number of aliphatic hydroxyl groups excluding tert-OH is 1. The number of ether oxygens (including phenoxy) is 1. The lowest BCUT2D eigenvalue weighted by molar-refractivity contribution is 0.0926. The molecule has 2 aliphatic rings. The summed E-state index contributed by atoms with van der Waals surface area (Å²) in [5.74, 6) is 0.583. The number of rotatable bonds is 3. The highest BCUT2D eigenvalue weighted by Crippen LogP contribution is 2.33. The Morgan fingerprint density at radius 2 is 2.00 bits per heavy atom. The maximum absolute atomic E-state index is 12.3. The molecule has 0 spiro atoms. The van der Waals surface area contributed by atoms with Crippen molar-refractivity contribution in [2.24, 2.45) is 5.92 Å². The zero-order chi connectivity index (χ0) is 18.3. The number of hydrogen-bond acceptors (Lipinski definition) is 6. The highest BCUT2D eigenvalue weighted by molar-refractivity contribution is 5.85. The first-order valence-corrected chi connectivity index (χ1v) is 9.57. The van der Waals surface area contributed by atoms with Crippen molar-refractivity contribution in [2.45, 2.75) is 70.1 Å². The summed E-state index contributed by atoms with van der Waals surface area (Å²) in [6.07, 6.45) is 8.34. The highest BCUT2D eigenvalue weighted by Gasteiger charge is 2.29. The van der Waals surface area contributed by atoms with Gasteiger partial charge in [0.1, 0.15) is 17.3 Å². The van der Waals surface area contributed by atoms with Gasteiger partial charge in [-0.15, -0.1) is 0 Å². The van der Waals surface area contributed by atoms with Gasteiger partial charge in [0.05, 0.1) is 12.1 Å². The zero-order valence-corrected chi connectivity index (χ0v) is 15.1. The lowest BCUT2D eigenvalue weighted by atomic mass is 9.88. The van der Waals surface area contributed by atoms with Crippen molar-refractivity contribution in [3.63, 3.8) is 0 Å². The Bertz CT molecular complexity index is 866. The van der Waals surface area contributed by atoms with E-state index in [1.165, 1.54) is 12.5 Å². The van der Waals surface area contributed by atoms with Crippen molar-refractivity contribution in [1.82, 2.24) is 14.5 Å². The summed E-state index contributed by atoms with van der Waals surface area (Å²) < 4.78 is 7.93. The van der Waals surface area contributed by atoms with Crippen LogP contribution in [0, 0.1) is 5.92 Å². The Morgan fingerprint density at radius 1 is 1.19 bits per heavy atom. The van der Waals surface area contributed by atoms with Crippen molar-refractivity contribution >= 4 is 16.9 Å². The summed E-state index contributed by atoms with van der Waals surface area (Å²) in [6, 6.07) is 1.59. The van der Waals surface area contributed by atoms with Crippen molar-refractivity contribution in [2.75, 3.05) is 5.73 Å². The lowest BCUT2D eigenvalue weighted by Gasteiger charge is -2.28. The second kappa shape index (κ2) is 6.87. The average Bonchev–Trinajstić information content (AvgIpc) is 3.03. The van der Waals surface area contributed by atoms with Crippen LogP contribution < -0.4 is 15.9 Å². The highest BCUT2D eigenvalue weighted by atomic mass is 16.5. The number of hydrogen-bond donors (Lipinski definition) is 2. The quantitative estimate of drug-likeness (QED) is 0.873. The van der Waals surface area contributed by atoms with Crippen LogP contribution in [0.1, 0.15) is 57.9 Å². The largest absolute Gasteiger partial charge is 0.460 e. The normalized spacial score (nSPS) is 29.2. The number of nitrogen functional groups attached to an aromatic ring is 1. The number of aromatic nitrogens is 3. The van der Waals surface area contributed by atoms with Gasteiger partial charge in [-0.05, 0) is 44.4 Å². The van der Waals surface area contributed by atoms with E-state index in [1.807, 2.05) is 4.57 Å². The second-order valence-electron chi connectivity index (χ2n) is 7.66. The molecule has 7 nitrogen and oxygen atoms in total. The molecule has 0 radical (unpaired) electrons. The molecule has 4 rings (SSSR count). The lowest BCUT2D eigenvalue weighted by Crippen LogP contribution is -2.29. The van der Waals surface area contributed by atoms with Crippen LogP contribution in [0.25, 0.3) is 11.0 Å². The molecule has 140 valence electrons. The van der Waals surface area contributed by atoms with Crippen molar-refractivity contribution in [1.29, 1.82) is 0 Å². The zero-order valence-electron chi connectivity index (χ0n) is 15.1. The Morgan fingerprint density at radius 3 is 2.73 bits per heavy atom. The van der Waals surface area contributed by atoms with E-state index in [-0.39, 0.29) is 29.4 Å². The molecule has 2 aliphatic carbocycles. The number of nitrogens with two attached hydrogens (primary N) is 1. The molecular weight excluding hydrogens is 332 g/mol. The molecule has 2 aromatic heterocycles. The monoisotopic (exact) mass is 358 g/mol. The van der Waals surface area contributed by atoms with Crippen LogP contribution in [0.5, 0.6) is 6.01 Å². The van der Waals surface area contributed by atoms with Crippen LogP contribution >= 0.6 is 0 Å². The summed E-state index contributed by atoms with van der Waals surface area (Å²) in [7, 11) is 0. The number of pyridine rings is 1. The first kappa shape index (κ1) is 17.3. The molecule has 3 N–H and O–H groups in total. The van der Waals surface area contributed by atoms with Crippen LogP contribution in [0.2, 0.25) is 0 Å². The minimum Gasteiger partial charge on any atom is -0.460 e. The Kier molecular flexibility index (Phi) is 4.56. The van der Waals surface area contributed by atoms with Gasteiger partial charge in [0.15, 0.2) is 11.1 Å². The molecule has 0 unspecified atom stereocenters. The van der Waals surface area contributed by atoms with Gasteiger partial charge in [0.25, 0.3) is 0 Å². The van der Waals surface area contributed by atoms with Gasteiger partial charge in [0, 0.05) is 12.3 Å². The SMILES string of the molecule is C[C@H]1CCCC[C@H]1Oc1nc(N)c2c(=O)ccn([C@@H]3CCC[C@H]3O)c2n1. The molecule has 2 aromatic rings. The molecule has 26 heavy (non-hydrogen) atoms. The van der Waals surface area contributed by atoms with Crippen molar-refractivity contribution < 1.29 is 9.84 Å². The van der Waals surface area contributed by atoms with Gasteiger partial charge < -0.3 is 20.1 Å². The predicted molar refractivity (Wildman–Crippen MR) is 99.2 cm³/mol. The van der Waals surface area contributed by atoms with E-state index in [1.54, 1.807) is 6.20 Å². The maximum Gasteiger partial charge on any atom is 0.320 e. The fraction of sp³-hybridized carbons (Fsp3) is 0.632. The van der Waals surface area contributed by atoms with Gasteiger partial charge in [-0.3, -0.25) is 4.79 Å². The van der Waals surface area contributed by atoms with Crippen LogP contribution in [0.3, 0.4) is 0 Å². The van der Waals surface area contributed by atoms with Crippen LogP contribution in [0.4, 0.5) is 5.82 Å². The molecule has 7 heteroatoms. The first-order valence-electron chi connectivity index (χ1n) is 9.57. The van der Waals surface area contributed by atoms with Gasteiger partial charge >= 0.3 is 6.01 Å². The van der Waals surface area contributed by atoms with E-state index in [4.69, 9.17) is 10.5 Å². The summed E-state index contributed by atoms with van der Waals surface area (Å²) in [6.45, 7) is 2.18. The van der Waals surface area contributed by atoms with Crippen LogP contribution in [-0.2, 0) is 0 Å². The number of nitrogens with zero attached hydrogens (tertiary/aromatic N) is 3.